The first kappa shape index (κ1) is 25.8. The summed E-state index contributed by atoms with van der Waals surface area (Å²) in [5, 5.41) is 6.77. The fourth-order valence-electron chi connectivity index (χ4n) is 4.16. The molecule has 1 saturated heterocycles. The molecule has 7 nitrogen and oxygen atoms in total. The largest absolute Gasteiger partial charge is 0.494 e. The van der Waals surface area contributed by atoms with Crippen LogP contribution in [0, 0.1) is 11.6 Å². The fourth-order valence-corrected chi connectivity index (χ4v) is 5.22. The van der Waals surface area contributed by atoms with Gasteiger partial charge in [-0.15, -0.1) is 11.3 Å². The number of fused-ring (bicyclic) bond motifs is 1. The normalized spacial score (nSPS) is 19.4. The topological polar surface area (TPSA) is 81.7 Å². The third-order valence-electron chi connectivity index (χ3n) is 6.11. The molecule has 3 atom stereocenters. The van der Waals surface area contributed by atoms with Crippen LogP contribution in [0.2, 0.25) is 0 Å². The fraction of sp³-hybridized carbons (Fsp3) is 0.360. The number of aromatic nitrogens is 1. The smallest absolute Gasteiger partial charge is 0.243 e. The molecule has 1 aliphatic rings. The molecule has 3 heterocycles. The molecule has 0 aliphatic carbocycles. The number of nitrogens with one attached hydrogen (secondary N) is 2. The molecule has 1 fully saturated rings. The first-order valence-electron chi connectivity index (χ1n) is 11.2. The molecule has 2 N–H and O–H groups in total. The monoisotopic (exact) mass is 521 g/mol. The second-order valence-corrected chi connectivity index (χ2v) is 9.52. The van der Waals surface area contributed by atoms with Crippen LogP contribution in [0.5, 0.6) is 11.5 Å². The summed E-state index contributed by atoms with van der Waals surface area (Å²) in [6.45, 7) is 5.44. The van der Waals surface area contributed by atoms with Gasteiger partial charge in [0, 0.05) is 23.7 Å². The molecule has 1 amide bonds. The van der Waals surface area contributed by atoms with Crippen LogP contribution in [0.3, 0.4) is 0 Å². The van der Waals surface area contributed by atoms with E-state index >= 15 is 13.2 Å². The van der Waals surface area contributed by atoms with E-state index < -0.39 is 22.9 Å². The minimum Gasteiger partial charge on any atom is -0.494 e. The Morgan fingerprint density at radius 2 is 1.92 bits per heavy atom. The molecular formula is C25H26F3N3O4S. The first-order valence-corrected chi connectivity index (χ1v) is 12.0. The van der Waals surface area contributed by atoms with Crippen molar-refractivity contribution in [2.24, 2.45) is 0 Å². The molecular weight excluding hydrogens is 495 g/mol. The molecule has 2 aromatic heterocycles. The lowest BCUT2D eigenvalue weighted by molar-refractivity contribution is -0.117. The Balaban J connectivity index is 1.66. The van der Waals surface area contributed by atoms with E-state index in [0.717, 1.165) is 24.3 Å². The molecule has 11 heteroatoms. The second-order valence-electron chi connectivity index (χ2n) is 8.44. The highest BCUT2D eigenvalue weighted by Gasteiger charge is 2.39. The maximum Gasteiger partial charge on any atom is 0.243 e. The molecule has 3 unspecified atom stereocenters. The quantitative estimate of drug-likeness (QED) is 0.419. The number of carbonyl (C=O) groups excluding carboxylic acids is 1. The number of halogens is 3. The Morgan fingerprint density at radius 1 is 1.22 bits per heavy atom. The van der Waals surface area contributed by atoms with Gasteiger partial charge >= 0.3 is 0 Å². The number of methoxy groups -OCH3 is 2. The van der Waals surface area contributed by atoms with Crippen molar-refractivity contribution in [1.82, 2.24) is 10.3 Å². The summed E-state index contributed by atoms with van der Waals surface area (Å²) >= 11 is 1.04. The molecule has 0 saturated carbocycles. The predicted octanol–water partition coefficient (Wildman–Crippen LogP) is 4.70. The molecule has 1 aromatic carbocycles. The maximum atomic E-state index is 16.1. The zero-order valence-corrected chi connectivity index (χ0v) is 20.8. The molecule has 36 heavy (non-hydrogen) atoms. The Bertz CT molecular complexity index is 1270. The molecule has 4 rings (SSSR count). The highest BCUT2D eigenvalue weighted by atomic mass is 32.1. The highest BCUT2D eigenvalue weighted by molar-refractivity contribution is 7.19. The summed E-state index contributed by atoms with van der Waals surface area (Å²) in [5.41, 5.74) is -3.32. The maximum absolute atomic E-state index is 16.1. The average Bonchev–Trinajstić information content (AvgIpc) is 3.30. The van der Waals surface area contributed by atoms with Gasteiger partial charge in [0.1, 0.15) is 5.82 Å². The van der Waals surface area contributed by atoms with Crippen LogP contribution in [-0.4, -0.2) is 50.4 Å². The predicted molar refractivity (Wildman–Crippen MR) is 132 cm³/mol. The van der Waals surface area contributed by atoms with Gasteiger partial charge in [-0.2, -0.15) is 0 Å². The van der Waals surface area contributed by atoms with E-state index in [0.29, 0.717) is 35.5 Å². The minimum absolute atomic E-state index is 0.0849. The van der Waals surface area contributed by atoms with Crippen molar-refractivity contribution in [3.8, 4) is 11.5 Å². The summed E-state index contributed by atoms with van der Waals surface area (Å²) in [6, 6.07) is 3.85. The first-order chi connectivity index (χ1) is 17.2. The average molecular weight is 522 g/mol. The molecule has 0 spiro atoms. The molecule has 192 valence electrons. The van der Waals surface area contributed by atoms with Gasteiger partial charge in [-0.05, 0) is 36.9 Å². The second kappa shape index (κ2) is 10.4. The number of hydrogen-bond acceptors (Lipinski definition) is 7. The van der Waals surface area contributed by atoms with Crippen LogP contribution in [-0.2, 0) is 15.2 Å². The van der Waals surface area contributed by atoms with Gasteiger partial charge in [-0.1, -0.05) is 6.58 Å². The summed E-state index contributed by atoms with van der Waals surface area (Å²) in [6.07, 6.45) is 3.38. The molecule has 1 aliphatic heterocycles. The number of pyridine rings is 1. The van der Waals surface area contributed by atoms with Gasteiger partial charge in [0.05, 0.1) is 43.2 Å². The van der Waals surface area contributed by atoms with Gasteiger partial charge in [0.25, 0.3) is 0 Å². The van der Waals surface area contributed by atoms with E-state index in [-0.39, 0.29) is 34.4 Å². The van der Waals surface area contributed by atoms with E-state index in [4.69, 9.17) is 14.2 Å². The van der Waals surface area contributed by atoms with Gasteiger partial charge < -0.3 is 24.8 Å². The van der Waals surface area contributed by atoms with E-state index in [9.17, 15) is 4.79 Å². The zero-order valence-electron chi connectivity index (χ0n) is 20.0. The molecule has 0 radical (unpaired) electrons. The van der Waals surface area contributed by atoms with Crippen molar-refractivity contribution in [1.29, 1.82) is 0 Å². The van der Waals surface area contributed by atoms with Crippen LogP contribution in [0.15, 0.2) is 37.1 Å². The van der Waals surface area contributed by atoms with E-state index in [1.807, 2.05) is 0 Å². The number of thiophene rings is 1. The zero-order chi connectivity index (χ0) is 26.0. The summed E-state index contributed by atoms with van der Waals surface area (Å²) in [7, 11) is 2.42. The van der Waals surface area contributed by atoms with Crippen molar-refractivity contribution in [3.05, 3.63) is 59.1 Å². The number of benzene rings is 1. The number of alkyl halides is 1. The third-order valence-corrected chi connectivity index (χ3v) is 7.39. The Kier molecular flexibility index (Phi) is 7.41. The van der Waals surface area contributed by atoms with Crippen LogP contribution >= 0.6 is 11.3 Å². The van der Waals surface area contributed by atoms with Crippen molar-refractivity contribution < 1.29 is 32.2 Å². The highest BCUT2D eigenvalue weighted by Crippen LogP contribution is 2.46. The van der Waals surface area contributed by atoms with Gasteiger partial charge in [0.2, 0.25) is 5.91 Å². The summed E-state index contributed by atoms with van der Waals surface area (Å²) in [5.74, 6) is -2.72. The SMILES string of the molecule is C=CC(=O)NC1CCOCC1Nc1cc2cc(C(C)(F)c3c(F)c(OC)cc(OC)c3F)sc2cn1. The number of ether oxygens (including phenoxy) is 3. The van der Waals surface area contributed by atoms with E-state index in [2.05, 4.69) is 22.2 Å². The molecule has 0 bridgehead atoms. The number of nitrogens with zero attached hydrogens (tertiary/aromatic N) is 1. The number of rotatable bonds is 8. The standard InChI is InChI=1S/C25H26F3N3O4S/c1-5-21(32)31-14-6-7-35-12-15(14)30-20-9-13-8-19(36-18(13)11-29-20)25(2,28)22-23(26)16(33-3)10-17(34-4)24(22)27/h5,8-11,14-15H,1,6-7,12H2,2-4H3,(H,29,30)(H,31,32). The van der Waals surface area contributed by atoms with Crippen LogP contribution in [0.1, 0.15) is 23.8 Å². The van der Waals surface area contributed by atoms with Crippen molar-refractivity contribution in [2.45, 2.75) is 31.1 Å². The van der Waals surface area contributed by atoms with Crippen LogP contribution in [0.4, 0.5) is 19.0 Å². The van der Waals surface area contributed by atoms with E-state index in [1.165, 1.54) is 26.4 Å². The van der Waals surface area contributed by atoms with Crippen molar-refractivity contribution >= 4 is 33.1 Å². The molecule has 3 aromatic rings. The number of amides is 1. The lowest BCUT2D eigenvalue weighted by atomic mass is 9.94. The lowest BCUT2D eigenvalue weighted by Crippen LogP contribution is -2.52. The van der Waals surface area contributed by atoms with Crippen molar-refractivity contribution in [3.63, 3.8) is 0 Å². The Morgan fingerprint density at radius 3 is 2.56 bits per heavy atom. The number of anilines is 1. The number of hydrogen-bond donors (Lipinski definition) is 2. The summed E-state index contributed by atoms with van der Waals surface area (Å²) < 4.78 is 62.3. The van der Waals surface area contributed by atoms with Crippen molar-refractivity contribution in [2.75, 3.05) is 32.8 Å². The van der Waals surface area contributed by atoms with Gasteiger partial charge in [-0.3, -0.25) is 4.79 Å². The third kappa shape index (κ3) is 4.85. The minimum atomic E-state index is -2.52. The van der Waals surface area contributed by atoms with Gasteiger partial charge in [0.15, 0.2) is 28.8 Å². The Hall–Kier alpha value is -3.31. The lowest BCUT2D eigenvalue weighted by Gasteiger charge is -2.32. The van der Waals surface area contributed by atoms with Crippen LogP contribution < -0.4 is 20.1 Å². The van der Waals surface area contributed by atoms with E-state index in [1.54, 1.807) is 12.3 Å². The Labute approximate surface area is 210 Å². The van der Waals surface area contributed by atoms with Crippen LogP contribution in [0.25, 0.3) is 10.1 Å². The van der Waals surface area contributed by atoms with Gasteiger partial charge in [-0.25, -0.2) is 18.2 Å². The summed E-state index contributed by atoms with van der Waals surface area (Å²) in [4.78, 5) is 16.3. The number of carbonyl (C=O) groups is 1.